The zero-order valence-electron chi connectivity index (χ0n) is 15.5. The maximum absolute atomic E-state index is 13.3. The maximum atomic E-state index is 13.3. The summed E-state index contributed by atoms with van der Waals surface area (Å²) in [6.45, 7) is 3.87. The van der Waals surface area contributed by atoms with Crippen molar-refractivity contribution in [3.05, 3.63) is 42.2 Å². The molecule has 2 heterocycles. The van der Waals surface area contributed by atoms with Gasteiger partial charge < -0.3 is 0 Å². The minimum absolute atomic E-state index is 0.0865. The summed E-state index contributed by atoms with van der Waals surface area (Å²) in [5, 5.41) is 9.60. The summed E-state index contributed by atoms with van der Waals surface area (Å²) < 4.78 is 0. The highest BCUT2D eigenvalue weighted by Crippen LogP contribution is 2.38. The summed E-state index contributed by atoms with van der Waals surface area (Å²) in [4.78, 5) is 44.4. The van der Waals surface area contributed by atoms with E-state index < -0.39 is 17.7 Å². The molecule has 1 aromatic rings. The third kappa shape index (κ3) is 3.55. The van der Waals surface area contributed by atoms with Crippen molar-refractivity contribution in [3.63, 3.8) is 0 Å². The van der Waals surface area contributed by atoms with Crippen LogP contribution in [0.25, 0.3) is 0 Å². The summed E-state index contributed by atoms with van der Waals surface area (Å²) in [5.41, 5.74) is 0.344. The van der Waals surface area contributed by atoms with Gasteiger partial charge in [0.15, 0.2) is 5.78 Å². The number of nitrogens with zero attached hydrogens (tertiary/aromatic N) is 3. The molecule has 0 radical (unpaired) electrons. The number of rotatable bonds is 6. The number of amides is 2. The first kappa shape index (κ1) is 19.0. The summed E-state index contributed by atoms with van der Waals surface area (Å²) >= 11 is 0. The molecule has 0 N–H and O–H groups in total. The van der Waals surface area contributed by atoms with Gasteiger partial charge in [0.05, 0.1) is 23.6 Å². The minimum Gasteiger partial charge on any atom is -0.295 e. The number of pyridine rings is 1. The van der Waals surface area contributed by atoms with Gasteiger partial charge in [-0.25, -0.2) is 0 Å². The lowest BCUT2D eigenvalue weighted by atomic mass is 9.85. The number of nitriles is 1. The van der Waals surface area contributed by atoms with Crippen LogP contribution < -0.4 is 0 Å². The van der Waals surface area contributed by atoms with Crippen LogP contribution in [0.2, 0.25) is 0 Å². The molecule has 6 nitrogen and oxygen atoms in total. The number of allylic oxidation sites excluding steroid dienone is 2. The van der Waals surface area contributed by atoms with Crippen LogP contribution in [-0.2, 0) is 14.4 Å². The lowest BCUT2D eigenvalue weighted by molar-refractivity contribution is -0.148. The Kier molecular flexibility index (Phi) is 5.50. The molecule has 1 aromatic heterocycles. The number of ketones is 1. The van der Waals surface area contributed by atoms with Gasteiger partial charge in [0.2, 0.25) is 11.8 Å². The van der Waals surface area contributed by atoms with Crippen molar-refractivity contribution in [2.75, 3.05) is 0 Å². The highest BCUT2D eigenvalue weighted by Gasteiger charge is 2.52. The van der Waals surface area contributed by atoms with E-state index in [1.807, 2.05) is 32.1 Å². The first-order valence-electron chi connectivity index (χ1n) is 9.31. The van der Waals surface area contributed by atoms with E-state index in [0.717, 1.165) is 4.90 Å². The molecule has 4 atom stereocenters. The normalized spacial score (nSPS) is 23.9. The minimum atomic E-state index is -1.10. The predicted molar refractivity (Wildman–Crippen MR) is 98.0 cm³/mol. The molecule has 140 valence electrons. The van der Waals surface area contributed by atoms with Crippen LogP contribution in [-0.4, -0.2) is 33.5 Å². The van der Waals surface area contributed by atoms with Gasteiger partial charge >= 0.3 is 0 Å². The Balaban J connectivity index is 1.94. The fraction of sp³-hybridized carbons (Fsp3) is 0.476. The lowest BCUT2D eigenvalue weighted by Crippen LogP contribution is -2.47. The Morgan fingerprint density at radius 2 is 1.85 bits per heavy atom. The molecular formula is C21H23N3O3. The molecule has 1 fully saturated rings. The van der Waals surface area contributed by atoms with Crippen LogP contribution in [0.4, 0.5) is 0 Å². The highest BCUT2D eigenvalue weighted by molar-refractivity contribution is 6.09. The third-order valence-electron chi connectivity index (χ3n) is 5.27. The van der Waals surface area contributed by atoms with Crippen LogP contribution in [0.15, 0.2) is 36.5 Å². The fourth-order valence-corrected chi connectivity index (χ4v) is 3.94. The van der Waals surface area contributed by atoms with E-state index in [0.29, 0.717) is 25.0 Å². The van der Waals surface area contributed by atoms with Gasteiger partial charge in [-0.2, -0.15) is 5.26 Å². The van der Waals surface area contributed by atoms with E-state index in [1.54, 1.807) is 18.2 Å². The molecule has 2 aliphatic rings. The Morgan fingerprint density at radius 1 is 1.22 bits per heavy atom. The van der Waals surface area contributed by atoms with Crippen LogP contribution in [0.5, 0.6) is 0 Å². The SMILES string of the molecule is CC(C)C[C@H](C(=O)[C@H](C#N)c1ccccn1)N1C(=O)[C@H]2CC=CC[C@@H]2C1=O. The molecule has 1 saturated heterocycles. The fourth-order valence-electron chi connectivity index (χ4n) is 3.94. The smallest absolute Gasteiger partial charge is 0.234 e. The number of imide groups is 1. The largest absolute Gasteiger partial charge is 0.295 e. The van der Waals surface area contributed by atoms with Gasteiger partial charge in [-0.15, -0.1) is 0 Å². The summed E-state index contributed by atoms with van der Waals surface area (Å²) in [7, 11) is 0. The molecule has 0 aromatic carbocycles. The van der Waals surface area contributed by atoms with Gasteiger partial charge in [-0.05, 0) is 37.3 Å². The first-order chi connectivity index (χ1) is 13.0. The van der Waals surface area contributed by atoms with E-state index in [1.165, 1.54) is 6.20 Å². The number of hydrogen-bond acceptors (Lipinski definition) is 5. The zero-order valence-corrected chi connectivity index (χ0v) is 15.5. The van der Waals surface area contributed by atoms with Gasteiger partial charge in [-0.1, -0.05) is 32.1 Å². The molecule has 3 rings (SSSR count). The van der Waals surface area contributed by atoms with E-state index in [-0.39, 0.29) is 29.6 Å². The van der Waals surface area contributed by atoms with E-state index >= 15 is 0 Å². The molecule has 0 saturated carbocycles. The molecule has 2 amide bonds. The molecule has 27 heavy (non-hydrogen) atoms. The lowest BCUT2D eigenvalue weighted by Gasteiger charge is -2.28. The van der Waals surface area contributed by atoms with Crippen LogP contribution in [0.1, 0.15) is 44.7 Å². The van der Waals surface area contributed by atoms with E-state index in [9.17, 15) is 19.6 Å². The number of aromatic nitrogens is 1. The van der Waals surface area contributed by atoms with Gasteiger partial charge in [0.25, 0.3) is 0 Å². The molecular weight excluding hydrogens is 342 g/mol. The average Bonchev–Trinajstić information content (AvgIpc) is 2.92. The standard InChI is InChI=1S/C21H23N3O3/c1-13(2)11-18(19(25)16(12-22)17-9-5-6-10-23-17)24-20(26)14-7-3-4-8-15(14)21(24)27/h3-6,9-10,13-16,18H,7-8,11H2,1-2H3/t14-,15-,16+,18+/m0/s1. The Labute approximate surface area is 158 Å². The van der Waals surface area contributed by atoms with Crippen molar-refractivity contribution in [2.24, 2.45) is 17.8 Å². The maximum Gasteiger partial charge on any atom is 0.234 e. The topological polar surface area (TPSA) is 91.1 Å². The summed E-state index contributed by atoms with van der Waals surface area (Å²) in [6, 6.07) is 6.13. The number of Topliss-reactive ketones (excluding diaryl/α,β-unsaturated/α-hetero) is 1. The Morgan fingerprint density at radius 3 is 2.33 bits per heavy atom. The Bertz CT molecular complexity index is 784. The number of carbonyl (C=O) groups excluding carboxylic acids is 3. The van der Waals surface area contributed by atoms with Crippen LogP contribution in [0.3, 0.4) is 0 Å². The molecule has 1 aliphatic heterocycles. The zero-order chi connectivity index (χ0) is 19.6. The monoisotopic (exact) mass is 365 g/mol. The molecule has 1 aliphatic carbocycles. The summed E-state index contributed by atoms with van der Waals surface area (Å²) in [6.07, 6.45) is 6.75. The van der Waals surface area contributed by atoms with Crippen molar-refractivity contribution >= 4 is 17.6 Å². The third-order valence-corrected chi connectivity index (χ3v) is 5.27. The second kappa shape index (κ2) is 7.83. The first-order valence-corrected chi connectivity index (χ1v) is 9.31. The number of likely N-dealkylation sites (tertiary alicyclic amines) is 1. The number of fused-ring (bicyclic) bond motifs is 1. The molecule has 0 unspecified atom stereocenters. The van der Waals surface area contributed by atoms with E-state index in [2.05, 4.69) is 4.98 Å². The second-order valence-corrected chi connectivity index (χ2v) is 7.57. The van der Waals surface area contributed by atoms with Gasteiger partial charge in [0, 0.05) is 6.20 Å². The van der Waals surface area contributed by atoms with Crippen LogP contribution in [0, 0.1) is 29.1 Å². The average molecular weight is 365 g/mol. The summed E-state index contributed by atoms with van der Waals surface area (Å²) in [5.74, 6) is -2.80. The molecule has 0 spiro atoms. The van der Waals surface area contributed by atoms with Crippen molar-refractivity contribution in [1.29, 1.82) is 5.26 Å². The van der Waals surface area contributed by atoms with Crippen molar-refractivity contribution in [1.82, 2.24) is 9.88 Å². The van der Waals surface area contributed by atoms with Crippen molar-refractivity contribution in [2.45, 2.75) is 45.1 Å². The second-order valence-electron chi connectivity index (χ2n) is 7.57. The highest BCUT2D eigenvalue weighted by atomic mass is 16.2. The van der Waals surface area contributed by atoms with E-state index in [4.69, 9.17) is 0 Å². The van der Waals surface area contributed by atoms with Crippen molar-refractivity contribution in [3.8, 4) is 6.07 Å². The molecule has 0 bridgehead atoms. The Hall–Kier alpha value is -2.81. The van der Waals surface area contributed by atoms with Gasteiger partial charge in [0.1, 0.15) is 12.0 Å². The van der Waals surface area contributed by atoms with Gasteiger partial charge in [-0.3, -0.25) is 24.3 Å². The number of carbonyl (C=O) groups is 3. The van der Waals surface area contributed by atoms with Crippen molar-refractivity contribution < 1.29 is 14.4 Å². The molecule has 6 heteroatoms. The van der Waals surface area contributed by atoms with Crippen LogP contribution >= 0.6 is 0 Å². The predicted octanol–water partition coefficient (Wildman–Crippen LogP) is 2.62. The number of hydrogen-bond donors (Lipinski definition) is 0. The quantitative estimate of drug-likeness (QED) is 0.571.